The Morgan fingerprint density at radius 3 is 2.95 bits per heavy atom. The van der Waals surface area contributed by atoms with Gasteiger partial charge in [0.25, 0.3) is 5.56 Å². The summed E-state index contributed by atoms with van der Waals surface area (Å²) in [7, 11) is 0. The number of halogens is 1. The molecule has 0 radical (unpaired) electrons. The number of rotatable bonds is 5. The monoisotopic (exact) mass is 282 g/mol. The molecule has 1 aliphatic heterocycles. The van der Waals surface area contributed by atoms with E-state index in [1.54, 1.807) is 0 Å². The second-order valence-corrected chi connectivity index (χ2v) is 5.79. The van der Waals surface area contributed by atoms with E-state index in [4.69, 9.17) is 16.6 Å². The molecule has 0 bridgehead atoms. The molecule has 3 nitrogen and oxygen atoms in total. The van der Waals surface area contributed by atoms with Crippen LogP contribution in [0, 0.1) is 6.92 Å². The maximum atomic E-state index is 12.5. The third-order valence-electron chi connectivity index (χ3n) is 4.05. The molecule has 1 unspecified atom stereocenters. The molecule has 0 spiro atoms. The molecule has 0 fully saturated rings. The van der Waals surface area contributed by atoms with Gasteiger partial charge < -0.3 is 0 Å². The molecular weight excluding hydrogens is 260 g/mol. The predicted octanol–water partition coefficient (Wildman–Crippen LogP) is 3.40. The van der Waals surface area contributed by atoms with Gasteiger partial charge in [-0.25, -0.2) is 4.98 Å². The Hall–Kier alpha value is -0.830. The summed E-state index contributed by atoms with van der Waals surface area (Å²) >= 11 is 5.78. The van der Waals surface area contributed by atoms with E-state index >= 15 is 0 Å². The second-order valence-electron chi connectivity index (χ2n) is 5.41. The summed E-state index contributed by atoms with van der Waals surface area (Å²) in [6.45, 7) is 4.97. The van der Waals surface area contributed by atoms with Crippen molar-refractivity contribution in [2.75, 3.05) is 5.88 Å². The minimum atomic E-state index is 0.143. The maximum Gasteiger partial charge on any atom is 0.256 e. The molecular formula is C15H23ClN2O. The van der Waals surface area contributed by atoms with Gasteiger partial charge in [-0.3, -0.25) is 9.36 Å². The molecule has 1 atom stereocenters. The lowest BCUT2D eigenvalue weighted by Crippen LogP contribution is -2.33. The first-order valence-corrected chi connectivity index (χ1v) is 7.88. The number of aryl methyl sites for hydroxylation is 1. The molecule has 0 amide bonds. The standard InChI is InChI=1S/C15H23ClN2O/c1-3-4-6-12-7-5-10-18-14(12)17-11(2)13(8-9-16)15(18)19/h12H,3-10H2,1-2H3. The Morgan fingerprint density at radius 1 is 1.47 bits per heavy atom. The number of fused-ring (bicyclic) bond motifs is 1. The number of hydrogen-bond donors (Lipinski definition) is 0. The topological polar surface area (TPSA) is 34.9 Å². The van der Waals surface area contributed by atoms with Gasteiger partial charge >= 0.3 is 0 Å². The molecule has 0 aliphatic carbocycles. The van der Waals surface area contributed by atoms with E-state index in [1.807, 2.05) is 11.5 Å². The van der Waals surface area contributed by atoms with Crippen LogP contribution in [-0.2, 0) is 13.0 Å². The fourth-order valence-electron chi connectivity index (χ4n) is 2.98. The smallest absolute Gasteiger partial charge is 0.256 e. The van der Waals surface area contributed by atoms with Crippen LogP contribution in [0.4, 0.5) is 0 Å². The highest BCUT2D eigenvalue weighted by Gasteiger charge is 2.24. The SMILES string of the molecule is CCCCC1CCCn2c1nc(C)c(CCCl)c2=O. The van der Waals surface area contributed by atoms with Crippen LogP contribution in [0.1, 0.15) is 62.0 Å². The predicted molar refractivity (Wildman–Crippen MR) is 79.2 cm³/mol. The largest absolute Gasteiger partial charge is 0.296 e. The Labute approximate surface area is 120 Å². The second kappa shape index (κ2) is 6.56. The van der Waals surface area contributed by atoms with Gasteiger partial charge in [-0.2, -0.15) is 0 Å². The van der Waals surface area contributed by atoms with Gasteiger partial charge in [0.15, 0.2) is 0 Å². The number of alkyl halides is 1. The van der Waals surface area contributed by atoms with Gasteiger partial charge in [0.2, 0.25) is 0 Å². The van der Waals surface area contributed by atoms with Crippen molar-refractivity contribution in [3.05, 3.63) is 27.4 Å². The van der Waals surface area contributed by atoms with Gasteiger partial charge in [0, 0.05) is 29.6 Å². The van der Waals surface area contributed by atoms with Gasteiger partial charge in [-0.15, -0.1) is 11.6 Å². The van der Waals surface area contributed by atoms with Gasteiger partial charge in [-0.1, -0.05) is 19.8 Å². The molecule has 4 heteroatoms. The molecule has 1 aliphatic rings. The molecule has 0 saturated heterocycles. The summed E-state index contributed by atoms with van der Waals surface area (Å²) in [6.07, 6.45) is 6.44. The van der Waals surface area contributed by atoms with Crippen LogP contribution in [0.3, 0.4) is 0 Å². The molecule has 0 saturated carbocycles. The van der Waals surface area contributed by atoms with Crippen LogP contribution >= 0.6 is 11.6 Å². The number of hydrogen-bond acceptors (Lipinski definition) is 2. The third-order valence-corrected chi connectivity index (χ3v) is 4.24. The van der Waals surface area contributed by atoms with Gasteiger partial charge in [-0.05, 0) is 32.6 Å². The molecule has 1 aromatic rings. The Bertz CT molecular complexity index is 496. The fraction of sp³-hybridized carbons (Fsp3) is 0.733. The van der Waals surface area contributed by atoms with E-state index in [0.29, 0.717) is 18.2 Å². The summed E-state index contributed by atoms with van der Waals surface area (Å²) in [5.74, 6) is 1.96. The van der Waals surface area contributed by atoms with Gasteiger partial charge in [0.1, 0.15) is 5.82 Å². The van der Waals surface area contributed by atoms with Crippen LogP contribution in [0.15, 0.2) is 4.79 Å². The normalized spacial score (nSPS) is 18.4. The van der Waals surface area contributed by atoms with Crippen molar-refractivity contribution in [1.29, 1.82) is 0 Å². The first-order chi connectivity index (χ1) is 9.19. The molecule has 0 N–H and O–H groups in total. The van der Waals surface area contributed by atoms with Crippen molar-refractivity contribution in [3.63, 3.8) is 0 Å². The highest BCUT2D eigenvalue weighted by Crippen LogP contribution is 2.29. The zero-order valence-electron chi connectivity index (χ0n) is 11.9. The molecule has 2 heterocycles. The Morgan fingerprint density at radius 2 is 2.26 bits per heavy atom. The Kier molecular flexibility index (Phi) is 5.03. The quantitative estimate of drug-likeness (QED) is 0.776. The lowest BCUT2D eigenvalue weighted by molar-refractivity contribution is 0.397. The average molecular weight is 283 g/mol. The van der Waals surface area contributed by atoms with Crippen molar-refractivity contribution in [3.8, 4) is 0 Å². The zero-order valence-corrected chi connectivity index (χ0v) is 12.7. The van der Waals surface area contributed by atoms with E-state index < -0.39 is 0 Å². The minimum absolute atomic E-state index is 0.143. The van der Waals surface area contributed by atoms with E-state index in [0.717, 1.165) is 36.5 Å². The van der Waals surface area contributed by atoms with Crippen molar-refractivity contribution in [2.24, 2.45) is 0 Å². The van der Waals surface area contributed by atoms with Crippen molar-refractivity contribution >= 4 is 11.6 Å². The van der Waals surface area contributed by atoms with E-state index in [1.165, 1.54) is 19.3 Å². The minimum Gasteiger partial charge on any atom is -0.296 e. The lowest BCUT2D eigenvalue weighted by atomic mass is 9.92. The van der Waals surface area contributed by atoms with Crippen LogP contribution < -0.4 is 5.56 Å². The summed E-state index contributed by atoms with van der Waals surface area (Å²) < 4.78 is 1.90. The van der Waals surface area contributed by atoms with Crippen molar-refractivity contribution < 1.29 is 0 Å². The van der Waals surface area contributed by atoms with Crippen LogP contribution in [0.2, 0.25) is 0 Å². The Balaban J connectivity index is 2.40. The summed E-state index contributed by atoms with van der Waals surface area (Å²) in [6, 6.07) is 0. The highest BCUT2D eigenvalue weighted by molar-refractivity contribution is 6.17. The molecule has 0 aromatic carbocycles. The highest BCUT2D eigenvalue weighted by atomic mass is 35.5. The summed E-state index contributed by atoms with van der Waals surface area (Å²) in [5.41, 5.74) is 1.82. The van der Waals surface area contributed by atoms with Crippen molar-refractivity contribution in [2.45, 2.75) is 64.8 Å². The van der Waals surface area contributed by atoms with Crippen LogP contribution in [0.25, 0.3) is 0 Å². The number of nitrogens with zero attached hydrogens (tertiary/aromatic N) is 2. The first-order valence-electron chi connectivity index (χ1n) is 7.35. The number of aromatic nitrogens is 2. The number of unbranched alkanes of at least 4 members (excludes halogenated alkanes) is 1. The van der Waals surface area contributed by atoms with Gasteiger partial charge in [0.05, 0.1) is 0 Å². The summed E-state index contributed by atoms with van der Waals surface area (Å²) in [5, 5.41) is 0. The van der Waals surface area contributed by atoms with E-state index in [-0.39, 0.29) is 5.56 Å². The third kappa shape index (κ3) is 3.02. The van der Waals surface area contributed by atoms with E-state index in [9.17, 15) is 4.79 Å². The fourth-order valence-corrected chi connectivity index (χ4v) is 3.17. The van der Waals surface area contributed by atoms with E-state index in [2.05, 4.69) is 6.92 Å². The average Bonchev–Trinajstić information content (AvgIpc) is 2.41. The maximum absolute atomic E-state index is 12.5. The molecule has 1 aromatic heterocycles. The molecule has 106 valence electrons. The summed E-state index contributed by atoms with van der Waals surface area (Å²) in [4.78, 5) is 17.2. The van der Waals surface area contributed by atoms with Crippen LogP contribution in [-0.4, -0.2) is 15.4 Å². The molecule has 19 heavy (non-hydrogen) atoms. The van der Waals surface area contributed by atoms with Crippen LogP contribution in [0.5, 0.6) is 0 Å². The first kappa shape index (κ1) is 14.6. The van der Waals surface area contributed by atoms with Crippen molar-refractivity contribution in [1.82, 2.24) is 9.55 Å². The zero-order chi connectivity index (χ0) is 13.8. The molecule has 2 rings (SSSR count). The lowest BCUT2D eigenvalue weighted by Gasteiger charge is -2.27.